The molecule has 2 rings (SSSR count). The Kier molecular flexibility index (Phi) is 4.42. The molecule has 3 N–H and O–H groups in total. The maximum absolute atomic E-state index is 10.8. The Morgan fingerprint density at radius 2 is 2.37 bits per heavy atom. The average Bonchev–Trinajstić information content (AvgIpc) is 2.86. The highest BCUT2D eigenvalue weighted by Crippen LogP contribution is 2.31. The van der Waals surface area contributed by atoms with Crippen LogP contribution < -0.4 is 10.6 Å². The summed E-state index contributed by atoms with van der Waals surface area (Å²) in [4.78, 5) is 17.4. The zero-order valence-electron chi connectivity index (χ0n) is 11.4. The molecule has 1 heterocycles. The number of rotatable bonds is 4. The van der Waals surface area contributed by atoms with Gasteiger partial charge in [-0.1, -0.05) is 19.8 Å². The minimum atomic E-state index is -1.04. The molecule has 1 saturated carbocycles. The summed E-state index contributed by atoms with van der Waals surface area (Å²) in [5.74, 6) is -0.285. The van der Waals surface area contributed by atoms with Crippen LogP contribution in [0.25, 0.3) is 0 Å². The molecular formula is C13H21N3O2S. The fourth-order valence-corrected chi connectivity index (χ4v) is 3.52. The maximum Gasteiger partial charge on any atom is 0.326 e. The summed E-state index contributed by atoms with van der Waals surface area (Å²) < 4.78 is 0. The van der Waals surface area contributed by atoms with Crippen LogP contribution in [0, 0.1) is 5.92 Å². The Morgan fingerprint density at radius 3 is 3.00 bits per heavy atom. The van der Waals surface area contributed by atoms with Gasteiger partial charge in [0.1, 0.15) is 6.04 Å². The molecule has 3 unspecified atom stereocenters. The molecule has 0 spiro atoms. The van der Waals surface area contributed by atoms with E-state index in [1.807, 2.05) is 7.05 Å². The molecule has 0 amide bonds. The van der Waals surface area contributed by atoms with Crippen LogP contribution >= 0.6 is 11.3 Å². The number of carboxylic acid groups (broad SMARTS) is 1. The molecule has 19 heavy (non-hydrogen) atoms. The molecule has 5 nitrogen and oxygen atoms in total. The van der Waals surface area contributed by atoms with E-state index >= 15 is 0 Å². The highest BCUT2D eigenvalue weighted by atomic mass is 32.1. The van der Waals surface area contributed by atoms with E-state index in [2.05, 4.69) is 16.8 Å². The quantitative estimate of drug-likeness (QED) is 0.886. The van der Waals surface area contributed by atoms with E-state index in [1.165, 1.54) is 37.0 Å². The van der Waals surface area contributed by atoms with Crippen LogP contribution in [0.15, 0.2) is 5.38 Å². The zero-order chi connectivity index (χ0) is 14.0. The molecular weight excluding hydrogens is 262 g/mol. The van der Waals surface area contributed by atoms with Crippen LogP contribution in [-0.2, 0) is 4.79 Å². The van der Waals surface area contributed by atoms with Gasteiger partial charge in [-0.2, -0.15) is 0 Å². The second-order valence-electron chi connectivity index (χ2n) is 5.41. The number of nitrogens with zero attached hydrogens (tertiary/aromatic N) is 2. The number of thiazole rings is 1. The van der Waals surface area contributed by atoms with Gasteiger partial charge < -0.3 is 15.7 Å². The van der Waals surface area contributed by atoms with Crippen molar-refractivity contribution in [2.24, 2.45) is 11.7 Å². The highest BCUT2D eigenvalue weighted by Gasteiger charge is 2.25. The van der Waals surface area contributed by atoms with Gasteiger partial charge in [-0.3, -0.25) is 4.79 Å². The average molecular weight is 283 g/mol. The van der Waals surface area contributed by atoms with Crippen molar-refractivity contribution in [2.45, 2.75) is 44.7 Å². The summed E-state index contributed by atoms with van der Waals surface area (Å²) in [7, 11) is 2.04. The van der Waals surface area contributed by atoms with Crippen molar-refractivity contribution in [2.75, 3.05) is 11.9 Å². The van der Waals surface area contributed by atoms with E-state index in [1.54, 1.807) is 5.38 Å². The maximum atomic E-state index is 10.8. The first-order valence-electron chi connectivity index (χ1n) is 6.65. The zero-order valence-corrected chi connectivity index (χ0v) is 12.2. The van der Waals surface area contributed by atoms with Crippen molar-refractivity contribution < 1.29 is 9.90 Å². The third-order valence-electron chi connectivity index (χ3n) is 3.85. The van der Waals surface area contributed by atoms with Crippen LogP contribution in [0.1, 0.15) is 44.3 Å². The molecule has 1 aromatic heterocycles. The number of anilines is 1. The lowest BCUT2D eigenvalue weighted by Gasteiger charge is -2.33. The smallest absolute Gasteiger partial charge is 0.326 e. The van der Waals surface area contributed by atoms with E-state index < -0.39 is 12.0 Å². The predicted molar refractivity (Wildman–Crippen MR) is 76.5 cm³/mol. The molecule has 0 bridgehead atoms. The van der Waals surface area contributed by atoms with Gasteiger partial charge in [-0.05, 0) is 18.8 Å². The number of carbonyl (C=O) groups is 1. The van der Waals surface area contributed by atoms with Crippen molar-refractivity contribution in [3.05, 3.63) is 11.1 Å². The minimum Gasteiger partial charge on any atom is -0.480 e. The highest BCUT2D eigenvalue weighted by molar-refractivity contribution is 7.13. The Morgan fingerprint density at radius 1 is 1.63 bits per heavy atom. The van der Waals surface area contributed by atoms with Crippen molar-refractivity contribution in [3.8, 4) is 0 Å². The fraction of sp³-hybridized carbons (Fsp3) is 0.692. The van der Waals surface area contributed by atoms with Crippen LogP contribution in [0.4, 0.5) is 5.13 Å². The van der Waals surface area contributed by atoms with E-state index in [0.29, 0.717) is 11.7 Å². The number of carboxylic acids is 1. The largest absolute Gasteiger partial charge is 0.480 e. The second-order valence-corrected chi connectivity index (χ2v) is 6.24. The monoisotopic (exact) mass is 283 g/mol. The molecule has 6 heteroatoms. The summed E-state index contributed by atoms with van der Waals surface area (Å²) in [6.45, 7) is 2.29. The van der Waals surface area contributed by atoms with Gasteiger partial charge in [-0.15, -0.1) is 11.3 Å². The summed E-state index contributed by atoms with van der Waals surface area (Å²) >= 11 is 1.47. The molecule has 0 aliphatic heterocycles. The van der Waals surface area contributed by atoms with E-state index in [0.717, 1.165) is 11.0 Å². The Labute approximate surface area is 117 Å². The summed E-state index contributed by atoms with van der Waals surface area (Å²) in [5.41, 5.74) is 6.03. The van der Waals surface area contributed by atoms with E-state index in [-0.39, 0.29) is 0 Å². The topological polar surface area (TPSA) is 79.5 Å². The minimum absolute atomic E-state index is 0.447. The van der Waals surface area contributed by atoms with E-state index in [9.17, 15) is 4.79 Å². The third kappa shape index (κ3) is 3.25. The van der Waals surface area contributed by atoms with Gasteiger partial charge in [0.15, 0.2) is 5.13 Å². The first-order valence-corrected chi connectivity index (χ1v) is 7.53. The first kappa shape index (κ1) is 14.3. The van der Waals surface area contributed by atoms with Gasteiger partial charge in [0.2, 0.25) is 0 Å². The molecule has 0 radical (unpaired) electrons. The molecule has 3 atom stereocenters. The molecule has 0 saturated heterocycles. The van der Waals surface area contributed by atoms with Crippen molar-refractivity contribution in [1.29, 1.82) is 0 Å². The molecule has 1 aliphatic carbocycles. The Hall–Kier alpha value is -1.14. The van der Waals surface area contributed by atoms with Crippen molar-refractivity contribution >= 4 is 22.4 Å². The van der Waals surface area contributed by atoms with Gasteiger partial charge in [0.25, 0.3) is 0 Å². The molecule has 106 valence electrons. The number of aliphatic carboxylic acids is 1. The number of hydrogen-bond donors (Lipinski definition) is 2. The summed E-state index contributed by atoms with van der Waals surface area (Å²) in [6, 6.07) is -0.521. The predicted octanol–water partition coefficient (Wildman–Crippen LogP) is 2.24. The molecule has 0 aromatic carbocycles. The lowest BCUT2D eigenvalue weighted by atomic mass is 9.86. The van der Waals surface area contributed by atoms with Crippen LogP contribution in [0.5, 0.6) is 0 Å². The second kappa shape index (κ2) is 5.88. The van der Waals surface area contributed by atoms with Crippen LogP contribution in [0.2, 0.25) is 0 Å². The van der Waals surface area contributed by atoms with Crippen LogP contribution in [-0.4, -0.2) is 29.1 Å². The lowest BCUT2D eigenvalue weighted by molar-refractivity contribution is -0.138. The van der Waals surface area contributed by atoms with Crippen molar-refractivity contribution in [3.63, 3.8) is 0 Å². The third-order valence-corrected chi connectivity index (χ3v) is 4.80. The fourth-order valence-electron chi connectivity index (χ4n) is 2.62. The summed E-state index contributed by atoms with van der Waals surface area (Å²) in [6.07, 6.45) is 4.91. The van der Waals surface area contributed by atoms with Gasteiger partial charge in [0.05, 0.1) is 5.69 Å². The van der Waals surface area contributed by atoms with Crippen molar-refractivity contribution in [1.82, 2.24) is 4.98 Å². The van der Waals surface area contributed by atoms with Gasteiger partial charge in [-0.25, -0.2) is 4.98 Å². The molecule has 1 aliphatic rings. The standard InChI is InChI=1S/C13H21N3O2S/c1-8-4-3-5-9(6-8)16(2)13-15-10(7-19-13)11(14)12(17)18/h7-9,11H,3-6,14H2,1-2H3,(H,17,18). The normalized spacial score (nSPS) is 25.0. The molecule has 1 fully saturated rings. The first-order chi connectivity index (χ1) is 8.99. The summed E-state index contributed by atoms with van der Waals surface area (Å²) in [5, 5.41) is 11.5. The number of hydrogen-bond acceptors (Lipinski definition) is 5. The van der Waals surface area contributed by atoms with Crippen LogP contribution in [0.3, 0.4) is 0 Å². The lowest BCUT2D eigenvalue weighted by Crippen LogP contribution is -2.35. The Bertz CT molecular complexity index is 449. The molecule has 1 aromatic rings. The SMILES string of the molecule is CC1CCCC(N(C)c2nc(C(N)C(=O)O)cs2)C1. The number of aromatic nitrogens is 1. The van der Waals surface area contributed by atoms with Gasteiger partial charge >= 0.3 is 5.97 Å². The Balaban J connectivity index is 2.07. The van der Waals surface area contributed by atoms with Gasteiger partial charge in [0, 0.05) is 18.5 Å². The van der Waals surface area contributed by atoms with E-state index in [4.69, 9.17) is 10.8 Å². The number of nitrogens with two attached hydrogens (primary N) is 1.